The van der Waals surface area contributed by atoms with Crippen LogP contribution >= 0.6 is 11.6 Å². The molecule has 1 aromatic rings. The van der Waals surface area contributed by atoms with Gasteiger partial charge in [-0.25, -0.2) is 9.97 Å². The van der Waals surface area contributed by atoms with Gasteiger partial charge in [-0.2, -0.15) is 0 Å². The van der Waals surface area contributed by atoms with E-state index in [9.17, 15) is 0 Å². The SMILES string of the molecule is Cc1cc(Cl)nc(NCC2CCNC2)n1. The monoisotopic (exact) mass is 226 g/mol. The Bertz CT molecular complexity index is 316. The van der Waals surface area contributed by atoms with E-state index in [4.69, 9.17) is 11.6 Å². The number of anilines is 1. The van der Waals surface area contributed by atoms with Crippen molar-refractivity contribution in [3.63, 3.8) is 0 Å². The molecule has 1 fully saturated rings. The van der Waals surface area contributed by atoms with Gasteiger partial charge in [-0.05, 0) is 38.4 Å². The summed E-state index contributed by atoms with van der Waals surface area (Å²) in [5, 5.41) is 7.04. The Morgan fingerprint density at radius 3 is 3.13 bits per heavy atom. The van der Waals surface area contributed by atoms with E-state index in [1.165, 1.54) is 6.42 Å². The third-order valence-corrected chi connectivity index (χ3v) is 2.73. The van der Waals surface area contributed by atoms with E-state index >= 15 is 0 Å². The number of rotatable bonds is 3. The van der Waals surface area contributed by atoms with E-state index in [0.717, 1.165) is 25.3 Å². The molecule has 15 heavy (non-hydrogen) atoms. The maximum Gasteiger partial charge on any atom is 0.224 e. The van der Waals surface area contributed by atoms with Crippen LogP contribution in [0.5, 0.6) is 0 Å². The van der Waals surface area contributed by atoms with Crippen LogP contribution in [0.1, 0.15) is 12.1 Å². The zero-order valence-electron chi connectivity index (χ0n) is 8.76. The number of nitrogens with zero attached hydrogens (tertiary/aromatic N) is 2. The third-order valence-electron chi connectivity index (χ3n) is 2.53. The standard InChI is InChI=1S/C10H15ClN4/c1-7-4-9(11)15-10(14-7)13-6-8-2-3-12-5-8/h4,8,12H,2-3,5-6H2,1H3,(H,13,14,15). The summed E-state index contributed by atoms with van der Waals surface area (Å²) in [5.41, 5.74) is 0.891. The Hall–Kier alpha value is -0.870. The molecule has 82 valence electrons. The van der Waals surface area contributed by atoms with Crippen molar-refractivity contribution in [3.05, 3.63) is 16.9 Å². The van der Waals surface area contributed by atoms with Gasteiger partial charge in [0.1, 0.15) is 5.15 Å². The van der Waals surface area contributed by atoms with Crippen molar-refractivity contribution in [2.75, 3.05) is 25.0 Å². The molecule has 0 spiro atoms. The largest absolute Gasteiger partial charge is 0.354 e. The summed E-state index contributed by atoms with van der Waals surface area (Å²) in [6, 6.07) is 1.75. The minimum atomic E-state index is 0.495. The average Bonchev–Trinajstić information content (AvgIpc) is 2.65. The molecule has 4 nitrogen and oxygen atoms in total. The van der Waals surface area contributed by atoms with Crippen LogP contribution in [0.3, 0.4) is 0 Å². The molecule has 2 N–H and O–H groups in total. The molecule has 1 saturated heterocycles. The van der Waals surface area contributed by atoms with Gasteiger partial charge >= 0.3 is 0 Å². The first-order valence-electron chi connectivity index (χ1n) is 5.20. The van der Waals surface area contributed by atoms with E-state index in [1.54, 1.807) is 6.07 Å². The number of aryl methyl sites for hydroxylation is 1. The molecule has 1 aromatic heterocycles. The fraction of sp³-hybridized carbons (Fsp3) is 0.600. The maximum absolute atomic E-state index is 5.84. The fourth-order valence-electron chi connectivity index (χ4n) is 1.73. The quantitative estimate of drug-likeness (QED) is 0.767. The van der Waals surface area contributed by atoms with Crippen LogP contribution < -0.4 is 10.6 Å². The number of hydrogen-bond acceptors (Lipinski definition) is 4. The van der Waals surface area contributed by atoms with Gasteiger partial charge in [0.15, 0.2) is 0 Å². The predicted molar refractivity (Wildman–Crippen MR) is 61.2 cm³/mol. The first-order valence-corrected chi connectivity index (χ1v) is 5.57. The minimum Gasteiger partial charge on any atom is -0.354 e. The molecular weight excluding hydrogens is 212 g/mol. The lowest BCUT2D eigenvalue weighted by Crippen LogP contribution is -2.18. The highest BCUT2D eigenvalue weighted by Crippen LogP contribution is 2.12. The number of halogens is 1. The van der Waals surface area contributed by atoms with E-state index in [1.807, 2.05) is 6.92 Å². The van der Waals surface area contributed by atoms with Crippen LogP contribution in [0.4, 0.5) is 5.95 Å². The summed E-state index contributed by atoms with van der Waals surface area (Å²) in [5.74, 6) is 1.31. The fourth-order valence-corrected chi connectivity index (χ4v) is 1.97. The van der Waals surface area contributed by atoms with Gasteiger partial charge in [0.25, 0.3) is 0 Å². The molecule has 2 heterocycles. The molecule has 0 amide bonds. The minimum absolute atomic E-state index is 0.495. The van der Waals surface area contributed by atoms with E-state index in [-0.39, 0.29) is 0 Å². The second-order valence-electron chi connectivity index (χ2n) is 3.90. The Labute approximate surface area is 94.5 Å². The second-order valence-corrected chi connectivity index (χ2v) is 4.28. The summed E-state index contributed by atoms with van der Waals surface area (Å²) < 4.78 is 0. The topological polar surface area (TPSA) is 49.8 Å². The summed E-state index contributed by atoms with van der Waals surface area (Å²) in [7, 11) is 0. The van der Waals surface area contributed by atoms with E-state index < -0.39 is 0 Å². The van der Waals surface area contributed by atoms with Gasteiger partial charge in [0.2, 0.25) is 5.95 Å². The Morgan fingerprint density at radius 2 is 2.47 bits per heavy atom. The van der Waals surface area contributed by atoms with Crippen LogP contribution in [0.15, 0.2) is 6.07 Å². The Balaban J connectivity index is 1.92. The van der Waals surface area contributed by atoms with Gasteiger partial charge in [0, 0.05) is 12.2 Å². The molecule has 0 aromatic carbocycles. The van der Waals surface area contributed by atoms with Crippen molar-refractivity contribution < 1.29 is 0 Å². The lowest BCUT2D eigenvalue weighted by atomic mass is 10.1. The summed E-state index contributed by atoms with van der Waals surface area (Å²) in [4.78, 5) is 8.39. The zero-order chi connectivity index (χ0) is 10.7. The van der Waals surface area contributed by atoms with Gasteiger partial charge in [-0.3, -0.25) is 0 Å². The highest BCUT2D eigenvalue weighted by Gasteiger charge is 2.14. The molecule has 1 unspecified atom stereocenters. The summed E-state index contributed by atoms with van der Waals surface area (Å²) in [6.45, 7) is 5.01. The maximum atomic E-state index is 5.84. The van der Waals surface area contributed by atoms with Gasteiger partial charge in [-0.1, -0.05) is 11.6 Å². The number of nitrogens with one attached hydrogen (secondary N) is 2. The van der Waals surface area contributed by atoms with Gasteiger partial charge in [0.05, 0.1) is 0 Å². The van der Waals surface area contributed by atoms with Crippen LogP contribution in [0.25, 0.3) is 0 Å². The second kappa shape index (κ2) is 4.77. The molecule has 1 atom stereocenters. The molecule has 2 rings (SSSR count). The van der Waals surface area contributed by atoms with Crippen LogP contribution in [-0.4, -0.2) is 29.6 Å². The van der Waals surface area contributed by atoms with Crippen molar-refractivity contribution in [1.29, 1.82) is 0 Å². The van der Waals surface area contributed by atoms with Gasteiger partial charge < -0.3 is 10.6 Å². The van der Waals surface area contributed by atoms with Gasteiger partial charge in [-0.15, -0.1) is 0 Å². The van der Waals surface area contributed by atoms with Crippen LogP contribution in [0.2, 0.25) is 5.15 Å². The molecule has 0 radical (unpaired) electrons. The highest BCUT2D eigenvalue weighted by atomic mass is 35.5. The summed E-state index contributed by atoms with van der Waals surface area (Å²) >= 11 is 5.84. The van der Waals surface area contributed by atoms with Crippen molar-refractivity contribution in [1.82, 2.24) is 15.3 Å². The molecule has 5 heteroatoms. The number of aromatic nitrogens is 2. The first kappa shape index (κ1) is 10.6. The number of hydrogen-bond donors (Lipinski definition) is 2. The predicted octanol–water partition coefficient (Wildman–Crippen LogP) is 1.46. The Morgan fingerprint density at radius 1 is 1.60 bits per heavy atom. The van der Waals surface area contributed by atoms with Crippen LogP contribution in [-0.2, 0) is 0 Å². The molecule has 0 saturated carbocycles. The Kier molecular flexibility index (Phi) is 3.38. The average molecular weight is 227 g/mol. The zero-order valence-corrected chi connectivity index (χ0v) is 9.51. The van der Waals surface area contributed by atoms with Crippen molar-refractivity contribution in [3.8, 4) is 0 Å². The molecule has 1 aliphatic rings. The van der Waals surface area contributed by atoms with Crippen molar-refractivity contribution in [2.24, 2.45) is 5.92 Å². The van der Waals surface area contributed by atoms with Crippen molar-refractivity contribution >= 4 is 17.5 Å². The van der Waals surface area contributed by atoms with E-state index in [0.29, 0.717) is 17.0 Å². The van der Waals surface area contributed by atoms with Crippen LogP contribution in [0, 0.1) is 12.8 Å². The lowest BCUT2D eigenvalue weighted by molar-refractivity contribution is 0.612. The molecular formula is C10H15ClN4. The molecule has 0 bridgehead atoms. The third kappa shape index (κ3) is 3.04. The molecule has 0 aliphatic carbocycles. The van der Waals surface area contributed by atoms with Crippen molar-refractivity contribution in [2.45, 2.75) is 13.3 Å². The highest BCUT2D eigenvalue weighted by molar-refractivity contribution is 6.29. The summed E-state index contributed by atoms with van der Waals surface area (Å²) in [6.07, 6.45) is 1.21. The first-order chi connectivity index (χ1) is 7.24. The van der Waals surface area contributed by atoms with E-state index in [2.05, 4.69) is 20.6 Å². The normalized spacial score (nSPS) is 20.5. The lowest BCUT2D eigenvalue weighted by Gasteiger charge is -2.10. The smallest absolute Gasteiger partial charge is 0.224 e. The molecule has 1 aliphatic heterocycles.